The highest BCUT2D eigenvalue weighted by Crippen LogP contribution is 2.38. The average Bonchev–Trinajstić information content (AvgIpc) is 3.27. The molecule has 1 aromatic heterocycles. The molecular weight excluding hydrogens is 318 g/mol. The van der Waals surface area contributed by atoms with Crippen LogP contribution >= 0.6 is 11.8 Å². The van der Waals surface area contributed by atoms with Crippen LogP contribution < -0.4 is 5.32 Å². The molecule has 9 heteroatoms. The largest absolute Gasteiger partial charge is 0.325 e. The Bertz CT molecular complexity index is 744. The van der Waals surface area contributed by atoms with Crippen molar-refractivity contribution in [2.75, 3.05) is 5.32 Å². The molecule has 8 nitrogen and oxygen atoms in total. The third-order valence-corrected chi connectivity index (χ3v) is 4.53. The fourth-order valence-electron chi connectivity index (χ4n) is 2.07. The molecule has 0 saturated heterocycles. The Balaban J connectivity index is 1.64. The summed E-state index contributed by atoms with van der Waals surface area (Å²) in [6.45, 7) is 1.77. The van der Waals surface area contributed by atoms with E-state index in [1.54, 1.807) is 19.3 Å². The number of nitrogens with one attached hydrogen (secondary N) is 1. The second-order valence-corrected chi connectivity index (χ2v) is 6.62. The molecule has 0 bridgehead atoms. The van der Waals surface area contributed by atoms with Crippen LogP contribution in [0.15, 0.2) is 35.7 Å². The van der Waals surface area contributed by atoms with Crippen LogP contribution in [0.2, 0.25) is 0 Å². The molecule has 1 amide bonds. The maximum atomic E-state index is 12.3. The molecule has 1 heterocycles. The molecule has 1 N–H and O–H groups in total. The van der Waals surface area contributed by atoms with Crippen molar-refractivity contribution in [2.24, 2.45) is 0 Å². The molecule has 1 aromatic carbocycles. The SMILES string of the molecule is C[C@H](Sc1nncn1C1CC1)C(=O)Nc1cccc([N+](=O)[O-])c1. The Morgan fingerprint density at radius 1 is 1.52 bits per heavy atom. The number of carbonyl (C=O) groups is 1. The van der Waals surface area contributed by atoms with E-state index in [9.17, 15) is 14.9 Å². The van der Waals surface area contributed by atoms with E-state index in [1.807, 2.05) is 4.57 Å². The number of non-ortho nitro benzene ring substituents is 1. The van der Waals surface area contributed by atoms with Gasteiger partial charge in [0.1, 0.15) is 6.33 Å². The van der Waals surface area contributed by atoms with Crippen LogP contribution in [0, 0.1) is 10.1 Å². The van der Waals surface area contributed by atoms with Crippen LogP contribution in [0.4, 0.5) is 11.4 Å². The van der Waals surface area contributed by atoms with E-state index in [4.69, 9.17) is 0 Å². The molecule has 1 fully saturated rings. The first kappa shape index (κ1) is 15.5. The fourth-order valence-corrected chi connectivity index (χ4v) is 2.97. The van der Waals surface area contributed by atoms with Crippen LogP contribution in [-0.4, -0.2) is 30.8 Å². The number of carbonyl (C=O) groups excluding carboxylic acids is 1. The van der Waals surface area contributed by atoms with Crippen molar-refractivity contribution >= 4 is 29.0 Å². The first-order chi connectivity index (χ1) is 11.0. The van der Waals surface area contributed by atoms with E-state index >= 15 is 0 Å². The highest BCUT2D eigenvalue weighted by atomic mass is 32.2. The van der Waals surface area contributed by atoms with Gasteiger partial charge in [0.15, 0.2) is 5.16 Å². The zero-order valence-electron chi connectivity index (χ0n) is 12.4. The van der Waals surface area contributed by atoms with E-state index in [0.29, 0.717) is 16.9 Å². The summed E-state index contributed by atoms with van der Waals surface area (Å²) in [7, 11) is 0. The Morgan fingerprint density at radius 3 is 3.00 bits per heavy atom. The summed E-state index contributed by atoms with van der Waals surface area (Å²) >= 11 is 1.33. The molecule has 120 valence electrons. The Labute approximate surface area is 136 Å². The van der Waals surface area contributed by atoms with Gasteiger partial charge in [0.25, 0.3) is 5.69 Å². The summed E-state index contributed by atoms with van der Waals surface area (Å²) in [5, 5.41) is 21.7. The number of hydrogen-bond donors (Lipinski definition) is 1. The van der Waals surface area contributed by atoms with Crippen molar-refractivity contribution in [2.45, 2.75) is 36.2 Å². The minimum absolute atomic E-state index is 0.0587. The molecule has 1 saturated carbocycles. The first-order valence-corrected chi connectivity index (χ1v) is 8.04. The van der Waals surface area contributed by atoms with Gasteiger partial charge in [-0.25, -0.2) is 0 Å². The molecule has 1 atom stereocenters. The third kappa shape index (κ3) is 3.67. The van der Waals surface area contributed by atoms with Gasteiger partial charge in [-0.1, -0.05) is 17.8 Å². The molecule has 23 heavy (non-hydrogen) atoms. The summed E-state index contributed by atoms with van der Waals surface area (Å²) in [5.41, 5.74) is 0.344. The second-order valence-electron chi connectivity index (χ2n) is 5.31. The lowest BCUT2D eigenvalue weighted by Gasteiger charge is -2.12. The quantitative estimate of drug-likeness (QED) is 0.495. The van der Waals surface area contributed by atoms with Gasteiger partial charge in [0, 0.05) is 23.9 Å². The second kappa shape index (κ2) is 6.37. The molecule has 1 aliphatic carbocycles. The van der Waals surface area contributed by atoms with Gasteiger partial charge in [-0.2, -0.15) is 0 Å². The maximum Gasteiger partial charge on any atom is 0.271 e. The number of nitro benzene ring substituents is 1. The van der Waals surface area contributed by atoms with Crippen molar-refractivity contribution in [3.05, 3.63) is 40.7 Å². The highest BCUT2D eigenvalue weighted by Gasteiger charge is 2.28. The van der Waals surface area contributed by atoms with Gasteiger partial charge in [-0.3, -0.25) is 14.9 Å². The summed E-state index contributed by atoms with van der Waals surface area (Å²) < 4.78 is 1.99. The number of hydrogen-bond acceptors (Lipinski definition) is 6. The molecular formula is C14H15N5O3S. The zero-order valence-corrected chi connectivity index (χ0v) is 13.2. The van der Waals surface area contributed by atoms with Crippen LogP contribution in [-0.2, 0) is 4.79 Å². The van der Waals surface area contributed by atoms with Crippen LogP contribution in [0.3, 0.4) is 0 Å². The Morgan fingerprint density at radius 2 is 2.30 bits per heavy atom. The van der Waals surface area contributed by atoms with Gasteiger partial charge in [-0.05, 0) is 25.8 Å². The van der Waals surface area contributed by atoms with E-state index in [-0.39, 0.29) is 11.6 Å². The van der Waals surface area contributed by atoms with Gasteiger partial charge in [0.2, 0.25) is 5.91 Å². The van der Waals surface area contributed by atoms with Gasteiger partial charge in [0.05, 0.1) is 10.2 Å². The lowest BCUT2D eigenvalue weighted by molar-refractivity contribution is -0.384. The number of thioether (sulfide) groups is 1. The number of nitrogens with zero attached hydrogens (tertiary/aromatic N) is 4. The summed E-state index contributed by atoms with van der Waals surface area (Å²) in [5.74, 6) is -0.235. The first-order valence-electron chi connectivity index (χ1n) is 7.16. The lowest BCUT2D eigenvalue weighted by atomic mass is 10.2. The number of benzene rings is 1. The molecule has 0 radical (unpaired) electrons. The number of nitro groups is 1. The molecule has 0 spiro atoms. The predicted molar refractivity (Wildman–Crippen MR) is 85.3 cm³/mol. The number of aromatic nitrogens is 3. The van der Waals surface area contributed by atoms with Crippen molar-refractivity contribution in [3.63, 3.8) is 0 Å². The van der Waals surface area contributed by atoms with Gasteiger partial charge in [-0.15, -0.1) is 10.2 Å². The van der Waals surface area contributed by atoms with Crippen molar-refractivity contribution in [1.82, 2.24) is 14.8 Å². The number of amides is 1. The molecule has 0 aliphatic heterocycles. The van der Waals surface area contributed by atoms with E-state index < -0.39 is 10.2 Å². The van der Waals surface area contributed by atoms with E-state index in [0.717, 1.165) is 12.8 Å². The standard InChI is InChI=1S/C14H15N5O3S/c1-9(23-14-17-15-8-18(14)11-5-6-11)13(20)16-10-3-2-4-12(7-10)19(21)22/h2-4,7-9,11H,5-6H2,1H3,(H,16,20)/t9-/m0/s1. The molecule has 2 aromatic rings. The molecule has 3 rings (SSSR count). The van der Waals surface area contributed by atoms with Crippen molar-refractivity contribution in [3.8, 4) is 0 Å². The molecule has 1 aliphatic rings. The topological polar surface area (TPSA) is 103 Å². The smallest absolute Gasteiger partial charge is 0.271 e. The van der Waals surface area contributed by atoms with Gasteiger partial charge >= 0.3 is 0 Å². The predicted octanol–water partition coefficient (Wildman–Crippen LogP) is 2.64. The summed E-state index contributed by atoms with van der Waals surface area (Å²) in [4.78, 5) is 22.5. The summed E-state index contributed by atoms with van der Waals surface area (Å²) in [6, 6.07) is 6.32. The minimum atomic E-state index is -0.494. The normalized spacial score (nSPS) is 15.2. The van der Waals surface area contributed by atoms with E-state index in [2.05, 4.69) is 15.5 Å². The van der Waals surface area contributed by atoms with Crippen molar-refractivity contribution in [1.29, 1.82) is 0 Å². The lowest BCUT2D eigenvalue weighted by Crippen LogP contribution is -2.22. The maximum absolute atomic E-state index is 12.3. The van der Waals surface area contributed by atoms with Crippen LogP contribution in [0.25, 0.3) is 0 Å². The third-order valence-electron chi connectivity index (χ3n) is 3.46. The van der Waals surface area contributed by atoms with Gasteiger partial charge < -0.3 is 9.88 Å². The monoisotopic (exact) mass is 333 g/mol. The Kier molecular flexibility index (Phi) is 4.28. The zero-order chi connectivity index (χ0) is 16.4. The van der Waals surface area contributed by atoms with Crippen LogP contribution in [0.1, 0.15) is 25.8 Å². The van der Waals surface area contributed by atoms with E-state index in [1.165, 1.54) is 30.0 Å². The number of rotatable bonds is 6. The van der Waals surface area contributed by atoms with Crippen molar-refractivity contribution < 1.29 is 9.72 Å². The average molecular weight is 333 g/mol. The highest BCUT2D eigenvalue weighted by molar-refractivity contribution is 8.00. The summed E-state index contributed by atoms with van der Waals surface area (Å²) in [6.07, 6.45) is 3.91. The minimum Gasteiger partial charge on any atom is -0.325 e. The van der Waals surface area contributed by atoms with Crippen LogP contribution in [0.5, 0.6) is 0 Å². The molecule has 0 unspecified atom stereocenters. The Hall–Kier alpha value is -2.42. The number of anilines is 1. The fraction of sp³-hybridized carbons (Fsp3) is 0.357.